The van der Waals surface area contributed by atoms with Gasteiger partial charge in [0.2, 0.25) is 0 Å². The molecule has 1 heterocycles. The molecule has 0 spiro atoms. The van der Waals surface area contributed by atoms with Crippen LogP contribution in [0.15, 0.2) is 18.2 Å². The summed E-state index contributed by atoms with van der Waals surface area (Å²) in [5.41, 5.74) is 8.11. The lowest BCUT2D eigenvalue weighted by Crippen LogP contribution is -2.11. The minimum atomic E-state index is 0.334. The van der Waals surface area contributed by atoms with E-state index in [-0.39, 0.29) is 0 Å². The van der Waals surface area contributed by atoms with Gasteiger partial charge in [0.15, 0.2) is 0 Å². The van der Waals surface area contributed by atoms with E-state index in [0.717, 1.165) is 22.2 Å². The normalized spacial score (nSPS) is 10.4. The van der Waals surface area contributed by atoms with Gasteiger partial charge in [0.1, 0.15) is 22.0 Å². The Kier molecular flexibility index (Phi) is 3.34. The zero-order valence-electron chi connectivity index (χ0n) is 10.5. The van der Waals surface area contributed by atoms with Crippen LogP contribution in [0, 0.1) is 6.92 Å². The molecule has 0 aliphatic rings. The van der Waals surface area contributed by atoms with Crippen molar-refractivity contribution in [2.24, 2.45) is 5.73 Å². The lowest BCUT2D eigenvalue weighted by Gasteiger charge is -2.11. The number of nitrogens with two attached hydrogens (primary N) is 1. The molecule has 0 saturated carbocycles. The third-order valence-electron chi connectivity index (χ3n) is 2.70. The second kappa shape index (κ2) is 4.78. The highest BCUT2D eigenvalue weighted by Crippen LogP contribution is 2.32. The second-order valence-electron chi connectivity index (χ2n) is 3.90. The molecule has 1 aromatic carbocycles. The van der Waals surface area contributed by atoms with Gasteiger partial charge in [-0.25, -0.2) is 4.98 Å². The van der Waals surface area contributed by atoms with E-state index in [1.54, 1.807) is 20.3 Å². The highest BCUT2D eigenvalue weighted by atomic mass is 32.1. The molecular formula is C13H14N2O2S. The predicted octanol–water partition coefficient (Wildman–Crippen LogP) is 2.19. The van der Waals surface area contributed by atoms with Crippen LogP contribution in [0.25, 0.3) is 10.9 Å². The molecule has 0 amide bonds. The summed E-state index contributed by atoms with van der Waals surface area (Å²) < 4.78 is 10.6. The predicted molar refractivity (Wildman–Crippen MR) is 75.5 cm³/mol. The number of benzene rings is 1. The Balaban J connectivity index is 2.89. The molecule has 2 aromatic rings. The van der Waals surface area contributed by atoms with Crippen molar-refractivity contribution in [3.63, 3.8) is 0 Å². The molecule has 4 nitrogen and oxygen atoms in total. The van der Waals surface area contributed by atoms with Crippen molar-refractivity contribution in [3.05, 3.63) is 29.5 Å². The average molecular weight is 262 g/mol. The zero-order chi connectivity index (χ0) is 13.3. The Bertz CT molecular complexity index is 626. The molecule has 94 valence electrons. The van der Waals surface area contributed by atoms with Crippen LogP contribution in [0.4, 0.5) is 0 Å². The van der Waals surface area contributed by atoms with E-state index in [0.29, 0.717) is 16.5 Å². The summed E-state index contributed by atoms with van der Waals surface area (Å²) in [4.78, 5) is 4.80. The first-order chi connectivity index (χ1) is 8.56. The number of pyridine rings is 1. The maximum absolute atomic E-state index is 5.75. The average Bonchev–Trinajstić information content (AvgIpc) is 2.36. The van der Waals surface area contributed by atoms with E-state index in [1.807, 2.05) is 19.1 Å². The molecule has 0 atom stereocenters. The van der Waals surface area contributed by atoms with Crippen LogP contribution in [0.2, 0.25) is 0 Å². The Labute approximate surface area is 111 Å². The first-order valence-corrected chi connectivity index (χ1v) is 5.81. The van der Waals surface area contributed by atoms with E-state index >= 15 is 0 Å². The Morgan fingerprint density at radius 2 is 1.94 bits per heavy atom. The van der Waals surface area contributed by atoms with Crippen molar-refractivity contribution in [2.45, 2.75) is 6.92 Å². The molecule has 0 aliphatic heterocycles. The maximum Gasteiger partial charge on any atom is 0.148 e. The third kappa shape index (κ3) is 2.09. The fraction of sp³-hybridized carbons (Fsp3) is 0.231. The summed E-state index contributed by atoms with van der Waals surface area (Å²) in [5.74, 6) is 1.33. The number of nitrogens with zero attached hydrogens (tertiary/aromatic N) is 1. The van der Waals surface area contributed by atoms with Crippen molar-refractivity contribution in [1.29, 1.82) is 0 Å². The lowest BCUT2D eigenvalue weighted by atomic mass is 10.1. The molecule has 2 rings (SSSR count). The van der Waals surface area contributed by atoms with Gasteiger partial charge in [-0.2, -0.15) is 0 Å². The number of aromatic nitrogens is 1. The molecule has 2 N–H and O–H groups in total. The first-order valence-electron chi connectivity index (χ1n) is 5.40. The van der Waals surface area contributed by atoms with Gasteiger partial charge in [-0.15, -0.1) is 0 Å². The molecular weight excluding hydrogens is 248 g/mol. The van der Waals surface area contributed by atoms with Gasteiger partial charge in [0.05, 0.1) is 14.2 Å². The Morgan fingerprint density at radius 3 is 2.50 bits per heavy atom. The Morgan fingerprint density at radius 1 is 1.22 bits per heavy atom. The van der Waals surface area contributed by atoms with Crippen LogP contribution in [-0.4, -0.2) is 24.2 Å². The number of rotatable bonds is 3. The number of fused-ring (bicyclic) bond motifs is 1. The number of hydrogen-bond donors (Lipinski definition) is 1. The second-order valence-corrected chi connectivity index (χ2v) is 4.34. The largest absolute Gasteiger partial charge is 0.497 e. The standard InChI is InChI=1S/C13H14N2O2S/c1-7-4-10(13(14)18)9-5-8(16-2)6-11(17-3)12(9)15-7/h4-6H,1-3H3,(H2,14,18). The van der Waals surface area contributed by atoms with Crippen LogP contribution < -0.4 is 15.2 Å². The van der Waals surface area contributed by atoms with Crippen LogP contribution in [0.1, 0.15) is 11.3 Å². The first kappa shape index (κ1) is 12.6. The molecule has 0 fully saturated rings. The fourth-order valence-electron chi connectivity index (χ4n) is 1.88. The van der Waals surface area contributed by atoms with Crippen LogP contribution in [0.5, 0.6) is 11.5 Å². The topological polar surface area (TPSA) is 57.4 Å². The number of aryl methyl sites for hydroxylation is 1. The van der Waals surface area contributed by atoms with Gasteiger partial charge < -0.3 is 15.2 Å². The summed E-state index contributed by atoms with van der Waals surface area (Å²) in [5, 5.41) is 0.837. The van der Waals surface area contributed by atoms with Gasteiger partial charge in [-0.3, -0.25) is 0 Å². The molecule has 18 heavy (non-hydrogen) atoms. The summed E-state index contributed by atoms with van der Waals surface area (Å²) in [6, 6.07) is 5.51. The summed E-state index contributed by atoms with van der Waals surface area (Å²) in [6.45, 7) is 1.89. The smallest absolute Gasteiger partial charge is 0.148 e. The van der Waals surface area contributed by atoms with Gasteiger partial charge in [-0.1, -0.05) is 12.2 Å². The fourth-order valence-corrected chi connectivity index (χ4v) is 2.04. The highest BCUT2D eigenvalue weighted by Gasteiger charge is 2.12. The van der Waals surface area contributed by atoms with E-state index in [4.69, 9.17) is 27.4 Å². The summed E-state index contributed by atoms with van der Waals surface area (Å²) in [7, 11) is 3.20. The molecule has 0 aliphatic carbocycles. The quantitative estimate of drug-likeness (QED) is 0.859. The van der Waals surface area contributed by atoms with Gasteiger partial charge >= 0.3 is 0 Å². The van der Waals surface area contributed by atoms with Crippen molar-refractivity contribution in [2.75, 3.05) is 14.2 Å². The van der Waals surface area contributed by atoms with Gasteiger partial charge in [-0.05, 0) is 19.1 Å². The minimum Gasteiger partial charge on any atom is -0.497 e. The molecule has 0 radical (unpaired) electrons. The maximum atomic E-state index is 5.75. The van der Waals surface area contributed by atoms with E-state index in [1.165, 1.54) is 0 Å². The molecule has 0 bridgehead atoms. The SMILES string of the molecule is COc1cc(OC)c2nc(C)cc(C(N)=S)c2c1. The third-order valence-corrected chi connectivity index (χ3v) is 2.92. The Hall–Kier alpha value is -1.88. The van der Waals surface area contributed by atoms with Crippen molar-refractivity contribution in [1.82, 2.24) is 4.98 Å². The monoisotopic (exact) mass is 262 g/mol. The van der Waals surface area contributed by atoms with E-state index < -0.39 is 0 Å². The van der Waals surface area contributed by atoms with E-state index in [9.17, 15) is 0 Å². The van der Waals surface area contributed by atoms with E-state index in [2.05, 4.69) is 4.98 Å². The van der Waals surface area contributed by atoms with Crippen molar-refractivity contribution >= 4 is 28.1 Å². The van der Waals surface area contributed by atoms with Crippen LogP contribution in [0.3, 0.4) is 0 Å². The molecule has 0 unspecified atom stereocenters. The molecule has 0 saturated heterocycles. The highest BCUT2D eigenvalue weighted by molar-refractivity contribution is 7.80. The van der Waals surface area contributed by atoms with Crippen LogP contribution >= 0.6 is 12.2 Å². The summed E-state index contributed by atoms with van der Waals surface area (Å²) in [6.07, 6.45) is 0. The number of methoxy groups -OCH3 is 2. The number of hydrogen-bond acceptors (Lipinski definition) is 4. The van der Waals surface area contributed by atoms with Crippen molar-refractivity contribution in [3.8, 4) is 11.5 Å². The lowest BCUT2D eigenvalue weighted by molar-refractivity contribution is 0.397. The minimum absolute atomic E-state index is 0.334. The molecule has 1 aromatic heterocycles. The molecule has 5 heteroatoms. The zero-order valence-corrected chi connectivity index (χ0v) is 11.3. The summed E-state index contributed by atoms with van der Waals surface area (Å²) >= 11 is 5.08. The van der Waals surface area contributed by atoms with Gasteiger partial charge in [0.25, 0.3) is 0 Å². The number of thiocarbonyl (C=S) groups is 1. The van der Waals surface area contributed by atoms with Crippen LogP contribution in [-0.2, 0) is 0 Å². The van der Waals surface area contributed by atoms with Crippen molar-refractivity contribution < 1.29 is 9.47 Å². The van der Waals surface area contributed by atoms with Gasteiger partial charge in [0, 0.05) is 22.7 Å². The number of ether oxygens (including phenoxy) is 2.